The van der Waals surface area contributed by atoms with E-state index < -0.39 is 17.6 Å². The van der Waals surface area contributed by atoms with Crippen molar-refractivity contribution in [2.45, 2.75) is 6.18 Å². The van der Waals surface area contributed by atoms with Crippen LogP contribution in [0.5, 0.6) is 0 Å². The maximum Gasteiger partial charge on any atom is 0.416 e. The van der Waals surface area contributed by atoms with Crippen LogP contribution < -0.4 is 5.32 Å². The lowest BCUT2D eigenvalue weighted by atomic mass is 10.1. The number of benzene rings is 2. The number of rotatable bonds is 3. The minimum atomic E-state index is -4.39. The summed E-state index contributed by atoms with van der Waals surface area (Å²) in [7, 11) is 0. The lowest BCUT2D eigenvalue weighted by Crippen LogP contribution is -2.04. The van der Waals surface area contributed by atoms with Gasteiger partial charge in [-0.3, -0.25) is 4.98 Å². The minimum absolute atomic E-state index is 0.221. The Labute approximate surface area is 156 Å². The van der Waals surface area contributed by atoms with Crippen LogP contribution in [0, 0.1) is 5.82 Å². The van der Waals surface area contributed by atoms with Crippen molar-refractivity contribution in [1.29, 1.82) is 0 Å². The molecular weight excluding hydrogens is 372 g/mol. The first-order valence-electron chi connectivity index (χ1n) is 8.22. The van der Waals surface area contributed by atoms with Crippen molar-refractivity contribution < 1.29 is 17.6 Å². The molecule has 0 fully saturated rings. The number of hydrogen-bond acceptors (Lipinski definition) is 4. The summed E-state index contributed by atoms with van der Waals surface area (Å²) in [6.45, 7) is 0. The molecule has 0 spiro atoms. The van der Waals surface area contributed by atoms with Gasteiger partial charge in [0.15, 0.2) is 5.82 Å². The lowest BCUT2D eigenvalue weighted by Gasteiger charge is -2.11. The average Bonchev–Trinajstić information content (AvgIpc) is 2.68. The molecule has 140 valence electrons. The van der Waals surface area contributed by atoms with Gasteiger partial charge in [-0.15, -0.1) is 5.10 Å². The van der Waals surface area contributed by atoms with Gasteiger partial charge in [-0.2, -0.15) is 18.3 Å². The van der Waals surface area contributed by atoms with E-state index in [0.29, 0.717) is 27.8 Å². The van der Waals surface area contributed by atoms with E-state index in [1.54, 1.807) is 18.2 Å². The Morgan fingerprint density at radius 1 is 0.929 bits per heavy atom. The van der Waals surface area contributed by atoms with Crippen LogP contribution in [0.3, 0.4) is 0 Å². The fourth-order valence-corrected chi connectivity index (χ4v) is 2.80. The van der Waals surface area contributed by atoms with Gasteiger partial charge in [-0.25, -0.2) is 4.39 Å². The molecule has 1 N–H and O–H groups in total. The highest BCUT2D eigenvalue weighted by Gasteiger charge is 2.29. The fourth-order valence-electron chi connectivity index (χ4n) is 2.80. The first-order valence-corrected chi connectivity index (χ1v) is 8.22. The third-order valence-electron chi connectivity index (χ3n) is 4.17. The Bertz CT molecular complexity index is 1140. The van der Waals surface area contributed by atoms with Gasteiger partial charge in [0.1, 0.15) is 11.5 Å². The van der Waals surface area contributed by atoms with Crippen molar-refractivity contribution >= 4 is 22.3 Å². The summed E-state index contributed by atoms with van der Waals surface area (Å²) in [5, 5.41) is 12.3. The normalized spacial score (nSPS) is 11.6. The van der Waals surface area contributed by atoms with Gasteiger partial charge >= 0.3 is 6.18 Å². The van der Waals surface area contributed by atoms with E-state index in [0.717, 1.165) is 12.1 Å². The van der Waals surface area contributed by atoms with Crippen LogP contribution in [0.25, 0.3) is 22.0 Å². The first-order chi connectivity index (χ1) is 13.4. The Morgan fingerprint density at radius 2 is 1.71 bits per heavy atom. The van der Waals surface area contributed by atoms with Gasteiger partial charge in [-0.05, 0) is 48.5 Å². The van der Waals surface area contributed by atoms with Crippen LogP contribution in [0.1, 0.15) is 5.56 Å². The highest BCUT2D eigenvalue weighted by molar-refractivity contribution is 5.94. The van der Waals surface area contributed by atoms with Crippen molar-refractivity contribution in [3.8, 4) is 11.3 Å². The molecule has 4 aromatic rings. The molecule has 4 rings (SSSR count). The number of aromatic nitrogens is 3. The predicted molar refractivity (Wildman–Crippen MR) is 97.5 cm³/mol. The summed E-state index contributed by atoms with van der Waals surface area (Å²) >= 11 is 0. The van der Waals surface area contributed by atoms with E-state index in [1.165, 1.54) is 36.7 Å². The molecule has 2 aromatic carbocycles. The summed E-state index contributed by atoms with van der Waals surface area (Å²) in [5.74, 6) is -0.0581. The van der Waals surface area contributed by atoms with Gasteiger partial charge in [0.25, 0.3) is 0 Å². The Hall–Kier alpha value is -3.55. The summed E-state index contributed by atoms with van der Waals surface area (Å²) in [6.07, 6.45) is -1.36. The third kappa shape index (κ3) is 3.48. The van der Waals surface area contributed by atoms with Crippen molar-refractivity contribution in [3.63, 3.8) is 0 Å². The van der Waals surface area contributed by atoms with E-state index in [2.05, 4.69) is 20.5 Å². The van der Waals surface area contributed by atoms with Crippen LogP contribution in [-0.2, 0) is 6.18 Å². The molecule has 0 saturated heterocycles. The van der Waals surface area contributed by atoms with Crippen LogP contribution in [0.4, 0.5) is 29.1 Å². The van der Waals surface area contributed by atoms with Gasteiger partial charge in [0, 0.05) is 28.2 Å². The molecule has 0 aliphatic rings. The van der Waals surface area contributed by atoms with Crippen molar-refractivity contribution in [2.24, 2.45) is 0 Å². The molecule has 0 bridgehead atoms. The van der Waals surface area contributed by atoms with Crippen molar-refractivity contribution in [1.82, 2.24) is 15.2 Å². The molecule has 8 heteroatoms. The highest BCUT2D eigenvalue weighted by Crippen LogP contribution is 2.32. The predicted octanol–water partition coefficient (Wildman–Crippen LogP) is 5.59. The monoisotopic (exact) mass is 384 g/mol. The second kappa shape index (κ2) is 6.88. The van der Waals surface area contributed by atoms with E-state index >= 15 is 0 Å². The number of nitrogens with zero attached hydrogens (tertiary/aromatic N) is 3. The van der Waals surface area contributed by atoms with Crippen LogP contribution in [0.2, 0.25) is 0 Å². The van der Waals surface area contributed by atoms with Gasteiger partial charge in [-0.1, -0.05) is 6.07 Å². The molecule has 28 heavy (non-hydrogen) atoms. The standard InChI is InChI=1S/C20H12F4N4/c21-17-2-1-9-25-18(17)12-3-8-16-13(10-12)11-26-28-19(16)27-15-6-4-14(5-7-15)20(22,23)24/h1-11H,(H,27,28). The van der Waals surface area contributed by atoms with Crippen molar-refractivity contribution in [2.75, 3.05) is 5.32 Å². The number of hydrogen-bond donors (Lipinski definition) is 1. The molecule has 0 saturated carbocycles. The Kier molecular flexibility index (Phi) is 4.38. The van der Waals surface area contributed by atoms with Gasteiger partial charge in [0.2, 0.25) is 0 Å². The second-order valence-corrected chi connectivity index (χ2v) is 6.03. The molecule has 2 aromatic heterocycles. The number of nitrogens with one attached hydrogen (secondary N) is 1. The molecule has 0 aliphatic carbocycles. The molecule has 0 atom stereocenters. The zero-order valence-electron chi connectivity index (χ0n) is 14.2. The van der Waals surface area contributed by atoms with Crippen LogP contribution in [-0.4, -0.2) is 15.2 Å². The molecule has 0 radical (unpaired) electrons. The molecule has 0 amide bonds. The zero-order chi connectivity index (χ0) is 19.7. The summed E-state index contributed by atoms with van der Waals surface area (Å²) < 4.78 is 52.0. The van der Waals surface area contributed by atoms with E-state index in [-0.39, 0.29) is 5.69 Å². The first kappa shape index (κ1) is 17.8. The van der Waals surface area contributed by atoms with Gasteiger partial charge in [0.05, 0.1) is 11.8 Å². The zero-order valence-corrected chi connectivity index (χ0v) is 14.2. The third-order valence-corrected chi connectivity index (χ3v) is 4.17. The Balaban J connectivity index is 1.68. The maximum atomic E-state index is 14.0. The quantitative estimate of drug-likeness (QED) is 0.468. The lowest BCUT2D eigenvalue weighted by molar-refractivity contribution is -0.137. The maximum absolute atomic E-state index is 14.0. The largest absolute Gasteiger partial charge is 0.416 e. The van der Waals surface area contributed by atoms with Crippen molar-refractivity contribution in [3.05, 3.63) is 78.4 Å². The highest BCUT2D eigenvalue weighted by atomic mass is 19.4. The van der Waals surface area contributed by atoms with Crippen LogP contribution >= 0.6 is 0 Å². The molecule has 2 heterocycles. The summed E-state index contributed by atoms with van der Waals surface area (Å²) in [6, 6.07) is 12.6. The molecule has 4 nitrogen and oxygen atoms in total. The smallest absolute Gasteiger partial charge is 0.338 e. The molecule has 0 unspecified atom stereocenters. The number of anilines is 2. The summed E-state index contributed by atoms with van der Waals surface area (Å²) in [4.78, 5) is 4.05. The average molecular weight is 384 g/mol. The van der Waals surface area contributed by atoms with Crippen LogP contribution in [0.15, 0.2) is 67.0 Å². The summed E-state index contributed by atoms with van der Waals surface area (Å²) in [5.41, 5.74) is 0.510. The Morgan fingerprint density at radius 3 is 2.43 bits per heavy atom. The number of alkyl halides is 3. The van der Waals surface area contributed by atoms with E-state index in [4.69, 9.17) is 0 Å². The van der Waals surface area contributed by atoms with E-state index in [1.807, 2.05) is 0 Å². The number of fused-ring (bicyclic) bond motifs is 1. The molecule has 0 aliphatic heterocycles. The number of pyridine rings is 1. The second-order valence-electron chi connectivity index (χ2n) is 6.03. The van der Waals surface area contributed by atoms with Gasteiger partial charge < -0.3 is 5.32 Å². The molecular formula is C20H12F4N4. The van der Waals surface area contributed by atoms with E-state index in [9.17, 15) is 17.6 Å². The SMILES string of the molecule is Fc1cccnc1-c1ccc2c(Nc3ccc(C(F)(F)F)cc3)nncc2c1. The number of halogens is 4. The minimum Gasteiger partial charge on any atom is -0.338 e. The fraction of sp³-hybridized carbons (Fsp3) is 0.0500. The topological polar surface area (TPSA) is 50.7 Å².